The first-order valence-corrected chi connectivity index (χ1v) is 9.68. The van der Waals surface area contributed by atoms with E-state index < -0.39 is 0 Å². The van der Waals surface area contributed by atoms with Gasteiger partial charge in [0.05, 0.1) is 18.1 Å². The fraction of sp³-hybridized carbons (Fsp3) is 0.273. The molecular formula is C22H23N5O. The third-order valence-electron chi connectivity index (χ3n) is 5.32. The fourth-order valence-corrected chi connectivity index (χ4v) is 3.81. The molecule has 1 fully saturated rings. The molecule has 4 aromatic rings. The van der Waals surface area contributed by atoms with Crippen molar-refractivity contribution in [1.29, 1.82) is 0 Å². The quantitative estimate of drug-likeness (QED) is 0.588. The Morgan fingerprint density at radius 1 is 0.964 bits per heavy atom. The predicted octanol–water partition coefficient (Wildman–Crippen LogP) is 3.99. The third kappa shape index (κ3) is 3.16. The van der Waals surface area contributed by atoms with Crippen LogP contribution in [0.2, 0.25) is 0 Å². The molecule has 0 amide bonds. The van der Waals surface area contributed by atoms with Crippen LogP contribution in [0.4, 0.5) is 5.82 Å². The molecule has 0 aliphatic carbocycles. The van der Waals surface area contributed by atoms with E-state index in [2.05, 4.69) is 56.2 Å². The lowest BCUT2D eigenvalue weighted by Crippen LogP contribution is -2.28. The number of nitrogens with one attached hydrogen (secondary N) is 1. The molecular weight excluding hydrogens is 350 g/mol. The number of nitrogens with zero attached hydrogens (tertiary/aromatic N) is 4. The minimum atomic E-state index is 0.433. The maximum Gasteiger partial charge on any atom is 0.138 e. The molecule has 0 saturated carbocycles. The molecule has 0 unspecified atom stereocenters. The van der Waals surface area contributed by atoms with Crippen molar-refractivity contribution in [2.75, 3.05) is 18.5 Å². The van der Waals surface area contributed by atoms with E-state index >= 15 is 0 Å². The molecule has 1 aliphatic heterocycles. The van der Waals surface area contributed by atoms with Gasteiger partial charge < -0.3 is 10.1 Å². The minimum Gasteiger partial charge on any atom is -0.381 e. The summed E-state index contributed by atoms with van der Waals surface area (Å²) >= 11 is 0. The number of benzene rings is 1. The van der Waals surface area contributed by atoms with Gasteiger partial charge in [0.1, 0.15) is 11.5 Å². The summed E-state index contributed by atoms with van der Waals surface area (Å²) in [6, 6.07) is 15.2. The van der Waals surface area contributed by atoms with E-state index in [-0.39, 0.29) is 0 Å². The number of aromatic nitrogens is 4. The summed E-state index contributed by atoms with van der Waals surface area (Å²) in [6.45, 7) is 1.64. The molecule has 4 heterocycles. The monoisotopic (exact) mass is 373 g/mol. The van der Waals surface area contributed by atoms with Gasteiger partial charge in [-0.15, -0.1) is 0 Å². The normalized spacial score (nSPS) is 15.2. The smallest absolute Gasteiger partial charge is 0.138 e. The Hall–Kier alpha value is -3.12. The van der Waals surface area contributed by atoms with Gasteiger partial charge in [0.15, 0.2) is 0 Å². The second-order valence-corrected chi connectivity index (χ2v) is 7.26. The van der Waals surface area contributed by atoms with Gasteiger partial charge >= 0.3 is 0 Å². The summed E-state index contributed by atoms with van der Waals surface area (Å²) < 4.78 is 9.51. The van der Waals surface area contributed by atoms with Crippen LogP contribution in [0.1, 0.15) is 12.8 Å². The molecule has 1 N–H and O–H groups in total. The number of pyridine rings is 1. The van der Waals surface area contributed by atoms with Gasteiger partial charge in [0, 0.05) is 43.6 Å². The first-order chi connectivity index (χ1) is 13.8. The van der Waals surface area contributed by atoms with Crippen LogP contribution >= 0.6 is 0 Å². The summed E-state index contributed by atoms with van der Waals surface area (Å²) in [7, 11) is 1.93. The van der Waals surface area contributed by atoms with Crippen molar-refractivity contribution in [2.45, 2.75) is 18.9 Å². The molecule has 0 radical (unpaired) electrons. The van der Waals surface area contributed by atoms with Gasteiger partial charge in [0.2, 0.25) is 0 Å². The van der Waals surface area contributed by atoms with Crippen molar-refractivity contribution in [3.05, 3.63) is 61.1 Å². The van der Waals surface area contributed by atoms with Gasteiger partial charge in [-0.1, -0.05) is 30.3 Å². The molecule has 28 heavy (non-hydrogen) atoms. The van der Waals surface area contributed by atoms with Crippen molar-refractivity contribution in [2.24, 2.45) is 7.05 Å². The highest BCUT2D eigenvalue weighted by Crippen LogP contribution is 2.28. The number of ether oxygens (including phenoxy) is 1. The van der Waals surface area contributed by atoms with E-state index in [9.17, 15) is 0 Å². The van der Waals surface area contributed by atoms with Crippen LogP contribution in [-0.2, 0) is 11.8 Å². The van der Waals surface area contributed by atoms with Gasteiger partial charge in [-0.05, 0) is 30.5 Å². The van der Waals surface area contributed by atoms with Gasteiger partial charge in [-0.2, -0.15) is 5.10 Å². The predicted molar refractivity (Wildman–Crippen MR) is 110 cm³/mol. The number of hydrogen-bond donors (Lipinski definition) is 1. The van der Waals surface area contributed by atoms with Crippen LogP contribution < -0.4 is 5.32 Å². The first kappa shape index (κ1) is 17.0. The number of rotatable bonds is 4. The van der Waals surface area contributed by atoms with Crippen LogP contribution in [0.3, 0.4) is 0 Å². The van der Waals surface area contributed by atoms with E-state index in [0.29, 0.717) is 6.04 Å². The van der Waals surface area contributed by atoms with Crippen LogP contribution in [0.5, 0.6) is 0 Å². The molecule has 1 aromatic carbocycles. The van der Waals surface area contributed by atoms with Crippen LogP contribution in [-0.4, -0.2) is 38.4 Å². The maximum atomic E-state index is 5.49. The van der Waals surface area contributed by atoms with Crippen molar-refractivity contribution in [3.8, 4) is 22.4 Å². The number of imidazole rings is 1. The van der Waals surface area contributed by atoms with E-state index in [1.165, 1.54) is 0 Å². The first-order valence-electron chi connectivity index (χ1n) is 9.68. The zero-order valence-corrected chi connectivity index (χ0v) is 15.9. The largest absolute Gasteiger partial charge is 0.381 e. The second-order valence-electron chi connectivity index (χ2n) is 7.26. The molecule has 0 spiro atoms. The van der Waals surface area contributed by atoms with Crippen LogP contribution in [0, 0.1) is 0 Å². The lowest BCUT2D eigenvalue weighted by atomic mass is 10.1. The standard InChI is InChI=1S/C22H23N5O/c1-26-15-18(13-24-26)16-5-7-17(8-6-16)20-14-23-21-3-2-4-22(27(20)21)25-19-9-11-28-12-10-19/h2-8,13-15,19,25H,9-12H2,1H3. The van der Waals surface area contributed by atoms with Gasteiger partial charge in [-0.3, -0.25) is 9.08 Å². The minimum absolute atomic E-state index is 0.433. The summed E-state index contributed by atoms with van der Waals surface area (Å²) in [5.41, 5.74) is 5.45. The average molecular weight is 373 g/mol. The van der Waals surface area contributed by atoms with E-state index in [1.807, 2.05) is 36.4 Å². The lowest BCUT2D eigenvalue weighted by molar-refractivity contribution is 0.0903. The maximum absolute atomic E-state index is 5.49. The molecule has 0 atom stereocenters. The Kier molecular flexibility index (Phi) is 4.33. The molecule has 3 aromatic heterocycles. The molecule has 6 nitrogen and oxygen atoms in total. The van der Waals surface area contributed by atoms with Crippen molar-refractivity contribution in [1.82, 2.24) is 19.2 Å². The lowest BCUT2D eigenvalue weighted by Gasteiger charge is -2.25. The SMILES string of the molecule is Cn1cc(-c2ccc(-c3cnc4cccc(NC5CCOCC5)n34)cc2)cn1. The molecule has 6 heteroatoms. The second kappa shape index (κ2) is 7.13. The Morgan fingerprint density at radius 2 is 1.75 bits per heavy atom. The van der Waals surface area contributed by atoms with E-state index in [0.717, 1.165) is 59.9 Å². The topological polar surface area (TPSA) is 56.4 Å². The molecule has 1 saturated heterocycles. The average Bonchev–Trinajstić information content (AvgIpc) is 3.36. The summed E-state index contributed by atoms with van der Waals surface area (Å²) in [5.74, 6) is 1.08. The number of hydrogen-bond acceptors (Lipinski definition) is 4. The number of aryl methyl sites for hydroxylation is 1. The Bertz CT molecular complexity index is 1090. The van der Waals surface area contributed by atoms with E-state index in [1.54, 1.807) is 0 Å². The Balaban J connectivity index is 1.50. The summed E-state index contributed by atoms with van der Waals surface area (Å²) in [6.07, 6.45) is 7.92. The summed E-state index contributed by atoms with van der Waals surface area (Å²) in [5, 5.41) is 7.95. The highest BCUT2D eigenvalue weighted by Gasteiger charge is 2.16. The van der Waals surface area contributed by atoms with E-state index in [4.69, 9.17) is 4.74 Å². The highest BCUT2D eigenvalue weighted by molar-refractivity contribution is 5.71. The van der Waals surface area contributed by atoms with Crippen LogP contribution in [0.15, 0.2) is 61.1 Å². The van der Waals surface area contributed by atoms with Crippen molar-refractivity contribution in [3.63, 3.8) is 0 Å². The fourth-order valence-electron chi connectivity index (χ4n) is 3.81. The zero-order chi connectivity index (χ0) is 18.9. The number of anilines is 1. The molecule has 0 bridgehead atoms. The summed E-state index contributed by atoms with van der Waals surface area (Å²) in [4.78, 5) is 4.62. The molecule has 5 rings (SSSR count). The van der Waals surface area contributed by atoms with Gasteiger partial charge in [0.25, 0.3) is 0 Å². The van der Waals surface area contributed by atoms with Crippen LogP contribution in [0.25, 0.3) is 28.0 Å². The van der Waals surface area contributed by atoms with Crippen molar-refractivity contribution < 1.29 is 4.74 Å². The third-order valence-corrected chi connectivity index (χ3v) is 5.32. The van der Waals surface area contributed by atoms with Crippen molar-refractivity contribution >= 4 is 11.5 Å². The molecule has 1 aliphatic rings. The highest BCUT2D eigenvalue weighted by atomic mass is 16.5. The van der Waals surface area contributed by atoms with Gasteiger partial charge in [-0.25, -0.2) is 4.98 Å². The molecule has 142 valence electrons. The zero-order valence-electron chi connectivity index (χ0n) is 15.9. The number of fused-ring (bicyclic) bond motifs is 1. The Morgan fingerprint density at radius 3 is 2.50 bits per heavy atom. The Labute approximate surface area is 163 Å².